The number of aliphatic hydroxyl groups excluding tert-OH is 2. The normalized spacial score (nSPS) is 14.2. The minimum absolute atomic E-state index is 0.0821. The van der Waals surface area contributed by atoms with Crippen LogP contribution in [0.5, 0.6) is 0 Å². The van der Waals surface area contributed by atoms with Crippen LogP contribution in [-0.2, 0) is 11.2 Å². The zero-order chi connectivity index (χ0) is 20.8. The average molecular weight is 386 g/mol. The summed E-state index contributed by atoms with van der Waals surface area (Å²) in [6, 6.07) is 8.51. The summed E-state index contributed by atoms with van der Waals surface area (Å²) in [6.07, 6.45) is 14.1. The maximum atomic E-state index is 11.4. The highest BCUT2D eigenvalue weighted by Crippen LogP contribution is 2.09. The topological polar surface area (TPSA) is 60.8 Å². The second-order valence-corrected chi connectivity index (χ2v) is 7.35. The largest absolute Gasteiger partial charge is 0.389 e. The first-order valence-corrected chi connectivity index (χ1v) is 10.0. The molecular weight excluding hydrogens is 350 g/mol. The fourth-order valence-electron chi connectivity index (χ4n) is 2.66. The van der Waals surface area contributed by atoms with E-state index in [1.54, 1.807) is 37.2 Å². The predicted molar refractivity (Wildman–Crippen MR) is 116 cm³/mol. The molecule has 28 heavy (non-hydrogen) atoms. The lowest BCUT2D eigenvalue weighted by atomic mass is 10.0. The van der Waals surface area contributed by atoms with Gasteiger partial charge < -0.3 is 15.1 Å². The van der Waals surface area contributed by atoms with E-state index >= 15 is 0 Å². The molecule has 0 saturated carbocycles. The third kappa shape index (κ3) is 11.5. The molecule has 0 aliphatic carbocycles. The minimum atomic E-state index is -0.545. The summed E-state index contributed by atoms with van der Waals surface area (Å²) in [4.78, 5) is 13.0. The van der Waals surface area contributed by atoms with Gasteiger partial charge in [-0.2, -0.15) is 0 Å². The lowest BCUT2D eigenvalue weighted by molar-refractivity contribution is -0.128. The SMILES string of the molecule is Cc1ccc(CCCC(O)C=CC=CC=CC(O)CCCC(=O)N(C)C)cc1. The van der Waals surface area contributed by atoms with E-state index in [0.717, 1.165) is 19.3 Å². The Morgan fingerprint density at radius 1 is 0.929 bits per heavy atom. The first-order valence-electron chi connectivity index (χ1n) is 10.0. The molecule has 0 spiro atoms. The molecule has 0 heterocycles. The molecule has 1 amide bonds. The zero-order valence-electron chi connectivity index (χ0n) is 17.4. The van der Waals surface area contributed by atoms with Crippen LogP contribution in [0.2, 0.25) is 0 Å². The molecule has 2 unspecified atom stereocenters. The third-order valence-corrected chi connectivity index (χ3v) is 4.48. The lowest BCUT2D eigenvalue weighted by Crippen LogP contribution is -2.21. The van der Waals surface area contributed by atoms with Crippen molar-refractivity contribution in [3.8, 4) is 0 Å². The molecule has 0 fully saturated rings. The quantitative estimate of drug-likeness (QED) is 0.535. The van der Waals surface area contributed by atoms with Gasteiger partial charge in [0.25, 0.3) is 0 Å². The van der Waals surface area contributed by atoms with Crippen LogP contribution < -0.4 is 0 Å². The van der Waals surface area contributed by atoms with Crippen LogP contribution >= 0.6 is 0 Å². The van der Waals surface area contributed by atoms with Crippen molar-refractivity contribution in [3.63, 3.8) is 0 Å². The van der Waals surface area contributed by atoms with Crippen molar-refractivity contribution in [2.75, 3.05) is 14.1 Å². The van der Waals surface area contributed by atoms with Crippen molar-refractivity contribution in [2.45, 2.75) is 57.7 Å². The van der Waals surface area contributed by atoms with Crippen LogP contribution in [0.15, 0.2) is 60.7 Å². The molecule has 1 aromatic rings. The minimum Gasteiger partial charge on any atom is -0.389 e. The second kappa shape index (κ2) is 13.9. The van der Waals surface area contributed by atoms with E-state index < -0.39 is 12.2 Å². The number of benzene rings is 1. The number of hydrogen-bond donors (Lipinski definition) is 2. The molecule has 154 valence electrons. The van der Waals surface area contributed by atoms with Gasteiger partial charge in [-0.05, 0) is 44.6 Å². The number of carbonyl (C=O) groups is 1. The number of nitrogens with zero attached hydrogens (tertiary/aromatic N) is 1. The Kier molecular flexibility index (Phi) is 11.9. The summed E-state index contributed by atoms with van der Waals surface area (Å²) in [5.41, 5.74) is 2.57. The third-order valence-electron chi connectivity index (χ3n) is 4.48. The van der Waals surface area contributed by atoms with Crippen molar-refractivity contribution < 1.29 is 15.0 Å². The van der Waals surface area contributed by atoms with Gasteiger partial charge in [-0.3, -0.25) is 4.79 Å². The van der Waals surface area contributed by atoms with E-state index in [-0.39, 0.29) is 5.91 Å². The van der Waals surface area contributed by atoms with E-state index in [4.69, 9.17) is 0 Å². The molecule has 1 aromatic carbocycles. The number of aryl methyl sites for hydroxylation is 2. The van der Waals surface area contributed by atoms with Gasteiger partial charge in [0.1, 0.15) is 0 Å². The Hall–Kier alpha value is -2.17. The van der Waals surface area contributed by atoms with Gasteiger partial charge in [-0.25, -0.2) is 0 Å². The highest BCUT2D eigenvalue weighted by atomic mass is 16.3. The highest BCUT2D eigenvalue weighted by Gasteiger charge is 2.05. The highest BCUT2D eigenvalue weighted by molar-refractivity contribution is 5.75. The van der Waals surface area contributed by atoms with E-state index in [2.05, 4.69) is 31.2 Å². The number of aliphatic hydroxyl groups is 2. The molecule has 4 heteroatoms. The number of allylic oxidation sites excluding steroid dienone is 4. The van der Waals surface area contributed by atoms with Crippen LogP contribution in [-0.4, -0.2) is 47.3 Å². The smallest absolute Gasteiger partial charge is 0.222 e. The number of rotatable bonds is 12. The Bertz CT molecular complexity index is 644. The van der Waals surface area contributed by atoms with E-state index in [1.807, 2.05) is 18.2 Å². The maximum absolute atomic E-state index is 11.4. The van der Waals surface area contributed by atoms with Gasteiger partial charge in [0.2, 0.25) is 5.91 Å². The van der Waals surface area contributed by atoms with Crippen molar-refractivity contribution in [1.29, 1.82) is 0 Å². The number of carbonyl (C=O) groups excluding carboxylic acids is 1. The van der Waals surface area contributed by atoms with E-state index in [9.17, 15) is 15.0 Å². The van der Waals surface area contributed by atoms with Gasteiger partial charge in [-0.15, -0.1) is 0 Å². The van der Waals surface area contributed by atoms with Gasteiger partial charge >= 0.3 is 0 Å². The first-order chi connectivity index (χ1) is 13.4. The summed E-state index contributed by atoms with van der Waals surface area (Å²) < 4.78 is 0. The molecule has 2 atom stereocenters. The van der Waals surface area contributed by atoms with Gasteiger partial charge in [0.05, 0.1) is 12.2 Å². The molecule has 4 nitrogen and oxygen atoms in total. The maximum Gasteiger partial charge on any atom is 0.222 e. The summed E-state index contributed by atoms with van der Waals surface area (Å²) in [7, 11) is 3.47. The van der Waals surface area contributed by atoms with E-state index in [0.29, 0.717) is 19.3 Å². The van der Waals surface area contributed by atoms with Crippen LogP contribution in [0.3, 0.4) is 0 Å². The van der Waals surface area contributed by atoms with Crippen LogP contribution in [0.4, 0.5) is 0 Å². The molecule has 0 aliphatic rings. The monoisotopic (exact) mass is 385 g/mol. The van der Waals surface area contributed by atoms with Gasteiger partial charge in [0.15, 0.2) is 0 Å². The Morgan fingerprint density at radius 2 is 1.46 bits per heavy atom. The van der Waals surface area contributed by atoms with Crippen molar-refractivity contribution in [3.05, 3.63) is 71.8 Å². The molecular formula is C24H35NO3. The standard InChI is InChI=1S/C24H35NO3/c1-20-16-18-21(19-17-20)10-8-13-22(26)11-6-4-5-7-12-23(27)14-9-15-24(28)25(2)3/h4-7,11-12,16-19,22-23,26-27H,8-10,13-15H2,1-3H3. The van der Waals surface area contributed by atoms with Crippen LogP contribution in [0, 0.1) is 6.92 Å². The summed E-state index contributed by atoms with van der Waals surface area (Å²) in [5, 5.41) is 19.8. The Morgan fingerprint density at radius 3 is 2.00 bits per heavy atom. The van der Waals surface area contributed by atoms with Gasteiger partial charge in [-0.1, -0.05) is 66.3 Å². The van der Waals surface area contributed by atoms with Gasteiger partial charge in [0, 0.05) is 20.5 Å². The molecule has 0 aromatic heterocycles. The van der Waals surface area contributed by atoms with Crippen molar-refractivity contribution in [1.82, 2.24) is 4.90 Å². The Labute approximate surface area is 169 Å². The molecule has 1 rings (SSSR count). The van der Waals surface area contributed by atoms with Crippen LogP contribution in [0.1, 0.15) is 43.2 Å². The zero-order valence-corrected chi connectivity index (χ0v) is 17.4. The predicted octanol–water partition coefficient (Wildman–Crippen LogP) is 3.97. The number of hydrogen-bond acceptors (Lipinski definition) is 3. The molecule has 2 N–H and O–H groups in total. The molecule has 0 saturated heterocycles. The van der Waals surface area contributed by atoms with Crippen LogP contribution in [0.25, 0.3) is 0 Å². The second-order valence-electron chi connectivity index (χ2n) is 7.35. The Balaban J connectivity index is 2.17. The fourth-order valence-corrected chi connectivity index (χ4v) is 2.66. The molecule has 0 radical (unpaired) electrons. The lowest BCUT2D eigenvalue weighted by Gasteiger charge is -2.10. The summed E-state index contributed by atoms with van der Waals surface area (Å²) >= 11 is 0. The summed E-state index contributed by atoms with van der Waals surface area (Å²) in [6.45, 7) is 2.08. The fraction of sp³-hybridized carbons (Fsp3) is 0.458. The van der Waals surface area contributed by atoms with E-state index in [1.165, 1.54) is 11.1 Å². The average Bonchev–Trinajstić information content (AvgIpc) is 2.66. The first kappa shape index (κ1) is 23.9. The molecule has 0 bridgehead atoms. The van der Waals surface area contributed by atoms with Crippen molar-refractivity contribution in [2.24, 2.45) is 0 Å². The summed E-state index contributed by atoms with van der Waals surface area (Å²) in [5.74, 6) is 0.0821. The molecule has 0 aliphatic heterocycles. The van der Waals surface area contributed by atoms with Crippen molar-refractivity contribution >= 4 is 5.91 Å². The number of amides is 1.